The summed E-state index contributed by atoms with van der Waals surface area (Å²) in [5.74, 6) is 3.87. The van der Waals surface area contributed by atoms with Crippen LogP contribution >= 0.6 is 15.9 Å². The molecule has 2 N–H and O–H groups in total. The van der Waals surface area contributed by atoms with Crippen LogP contribution in [0.15, 0.2) is 139 Å². The minimum absolute atomic E-state index is 0. The fourth-order valence-corrected chi connectivity index (χ4v) is 11.3. The van der Waals surface area contributed by atoms with E-state index in [-0.39, 0.29) is 37.0 Å². The highest BCUT2D eigenvalue weighted by atomic mass is 79.9. The van der Waals surface area contributed by atoms with Gasteiger partial charge in [0, 0.05) is 132 Å². The van der Waals surface area contributed by atoms with Gasteiger partial charge in [-0.1, -0.05) is 97.9 Å². The SMILES string of the molecule is C.COCCCn1c([C@@H]2CCCN(C(=O)C[C@H](C)Cc3ccc(-c4cncnc4)cc3)C2)nc2ccccc21.COCCCn1c([C@@H]2CCCN(C(=O)C[C@H](C)Cc3ccc(Br)cc3)C2)nc2ccccc21.OB(O)c1cncnc1. The highest BCUT2D eigenvalue weighted by Gasteiger charge is 2.31. The molecule has 0 spiro atoms. The van der Waals surface area contributed by atoms with Crippen molar-refractivity contribution in [1.29, 1.82) is 0 Å². The largest absolute Gasteiger partial charge is 0.491 e. The monoisotopic (exact) mass is 1160 g/mol. The van der Waals surface area contributed by atoms with Crippen LogP contribution in [0.5, 0.6) is 0 Å². The van der Waals surface area contributed by atoms with Crippen molar-refractivity contribution in [3.8, 4) is 11.1 Å². The van der Waals surface area contributed by atoms with Gasteiger partial charge in [-0.2, -0.15) is 0 Å². The number of nitrogens with zero attached hydrogens (tertiary/aromatic N) is 10. The van der Waals surface area contributed by atoms with Crippen LogP contribution in [0.4, 0.5) is 0 Å². The molecule has 0 unspecified atom stereocenters. The van der Waals surface area contributed by atoms with Gasteiger partial charge in [-0.15, -0.1) is 0 Å². The van der Waals surface area contributed by atoms with Gasteiger partial charge in [0.15, 0.2) is 0 Å². The van der Waals surface area contributed by atoms with Gasteiger partial charge in [-0.25, -0.2) is 29.9 Å². The zero-order valence-corrected chi connectivity index (χ0v) is 48.3. The molecule has 2 aliphatic heterocycles. The van der Waals surface area contributed by atoms with Crippen LogP contribution in [0, 0.1) is 11.8 Å². The molecule has 4 atom stereocenters. The van der Waals surface area contributed by atoms with E-state index in [1.165, 1.54) is 40.9 Å². The van der Waals surface area contributed by atoms with Crippen LogP contribution in [0.25, 0.3) is 33.2 Å². The smallest absolute Gasteiger partial charge is 0.423 e. The molecular formula is C63H80BBrN10O6. The third kappa shape index (κ3) is 17.7. The summed E-state index contributed by atoms with van der Waals surface area (Å²) in [6.07, 6.45) is 18.2. The van der Waals surface area contributed by atoms with Crippen LogP contribution in [0.2, 0.25) is 0 Å². The van der Waals surface area contributed by atoms with E-state index in [4.69, 9.17) is 29.5 Å². The van der Waals surface area contributed by atoms with Crippen molar-refractivity contribution in [2.24, 2.45) is 11.8 Å². The standard InChI is InChI=1S/C31H37N5O2.C27H34BrN3O2.C4H5BN2O2.CH4/c1-23(17-24-10-12-25(13-11-24)27-19-32-22-33-20-27)18-30(37)35-14-5-7-26(21-35)31-34-28-8-3-4-9-29(28)36(31)15-6-16-38-2;1-20(17-21-10-12-23(28)13-11-21)18-26(32)30-14-5-7-22(19-30)27-29-24-8-3-4-9-25(24)31(27)15-6-16-33-2;8-5(9)4-1-6-3-7-2-4;/h3-4,8-13,19-20,22-23,26H,5-7,14-18,21H2,1-2H3;3-4,8-13,20,22H,5-7,14-19H2,1-2H3;1-3,8-9H;1H4/t23-,26-;20-,22-;;/m11../s1. The number of aryl methyl sites for hydroxylation is 2. The lowest BCUT2D eigenvalue weighted by Gasteiger charge is -2.33. The lowest BCUT2D eigenvalue weighted by molar-refractivity contribution is -0.134. The van der Waals surface area contributed by atoms with E-state index in [0.717, 1.165) is 142 Å². The van der Waals surface area contributed by atoms with Gasteiger partial charge in [0.05, 0.1) is 22.1 Å². The molecule has 8 aromatic rings. The summed E-state index contributed by atoms with van der Waals surface area (Å²) >= 11 is 3.49. The maximum atomic E-state index is 13.4. The van der Waals surface area contributed by atoms with Crippen molar-refractivity contribution in [2.45, 2.75) is 110 Å². The predicted molar refractivity (Wildman–Crippen MR) is 325 cm³/mol. The molecule has 0 bridgehead atoms. The van der Waals surface area contributed by atoms with E-state index in [1.807, 2.05) is 24.5 Å². The average molecular weight is 1160 g/mol. The molecule has 2 aliphatic rings. The fraction of sp³-hybridized carbons (Fsp3) is 0.429. The Labute approximate surface area is 486 Å². The van der Waals surface area contributed by atoms with Crippen molar-refractivity contribution in [3.05, 3.63) is 162 Å². The molecule has 6 heterocycles. The highest BCUT2D eigenvalue weighted by Crippen LogP contribution is 2.33. The van der Waals surface area contributed by atoms with Gasteiger partial charge in [0.2, 0.25) is 11.8 Å². The number of rotatable bonds is 20. The number of benzene rings is 4. The molecule has 81 heavy (non-hydrogen) atoms. The zero-order valence-electron chi connectivity index (χ0n) is 46.7. The molecule has 0 radical (unpaired) electrons. The third-order valence-corrected chi connectivity index (χ3v) is 15.5. The van der Waals surface area contributed by atoms with E-state index in [1.54, 1.807) is 20.5 Å². The molecule has 4 aromatic carbocycles. The van der Waals surface area contributed by atoms with E-state index < -0.39 is 7.12 Å². The minimum atomic E-state index is -1.47. The van der Waals surface area contributed by atoms with Crippen molar-refractivity contribution in [2.75, 3.05) is 53.6 Å². The van der Waals surface area contributed by atoms with Gasteiger partial charge in [0.1, 0.15) is 24.3 Å². The summed E-state index contributed by atoms with van der Waals surface area (Å²) in [6, 6.07) is 33.6. The van der Waals surface area contributed by atoms with Crippen molar-refractivity contribution < 1.29 is 29.1 Å². The number of fused-ring (bicyclic) bond motifs is 2. The number of aromatic nitrogens is 8. The normalized spacial score (nSPS) is 15.9. The van der Waals surface area contributed by atoms with E-state index in [9.17, 15) is 9.59 Å². The summed E-state index contributed by atoms with van der Waals surface area (Å²) in [4.78, 5) is 56.1. The van der Waals surface area contributed by atoms with Gasteiger partial charge in [-0.3, -0.25) is 9.59 Å². The number of piperidine rings is 2. The molecule has 10 rings (SSSR count). The molecule has 4 aromatic heterocycles. The van der Waals surface area contributed by atoms with Crippen LogP contribution in [-0.2, 0) is 45.0 Å². The van der Waals surface area contributed by atoms with E-state index in [2.05, 4.69) is 154 Å². The summed E-state index contributed by atoms with van der Waals surface area (Å²) in [5.41, 5.74) is 9.35. The first-order chi connectivity index (χ1) is 39.0. The summed E-state index contributed by atoms with van der Waals surface area (Å²) < 4.78 is 16.4. The Balaban J connectivity index is 0.000000201. The lowest BCUT2D eigenvalue weighted by atomic mass is 9.83. The molecule has 0 saturated carbocycles. The van der Waals surface area contributed by atoms with Crippen molar-refractivity contribution >= 4 is 62.4 Å². The van der Waals surface area contributed by atoms with Crippen LogP contribution in [0.3, 0.4) is 0 Å². The van der Waals surface area contributed by atoms with Gasteiger partial charge in [0.25, 0.3) is 0 Å². The first-order valence-corrected chi connectivity index (χ1v) is 28.9. The number of hydrogen-bond acceptors (Lipinski definition) is 12. The number of hydrogen-bond donors (Lipinski definition) is 2. The second-order valence-corrected chi connectivity index (χ2v) is 22.2. The Hall–Kier alpha value is -6.70. The third-order valence-electron chi connectivity index (χ3n) is 15.0. The molecular weight excluding hydrogens is 1080 g/mol. The predicted octanol–water partition coefficient (Wildman–Crippen LogP) is 10.1. The fourth-order valence-electron chi connectivity index (χ4n) is 11.0. The number of carbonyl (C=O) groups excluding carboxylic acids is 2. The number of amides is 2. The molecule has 18 heteroatoms. The average Bonchev–Trinajstić information content (AvgIpc) is 4.13. The van der Waals surface area contributed by atoms with Gasteiger partial charge in [-0.05, 0) is 116 Å². The number of methoxy groups -OCH3 is 2. The number of ether oxygens (including phenoxy) is 2. The van der Waals surface area contributed by atoms with Crippen molar-refractivity contribution in [1.82, 2.24) is 48.8 Å². The van der Waals surface area contributed by atoms with E-state index in [0.29, 0.717) is 24.2 Å². The molecule has 2 fully saturated rings. The maximum Gasteiger partial charge on any atom is 0.491 e. The van der Waals surface area contributed by atoms with Gasteiger partial charge >= 0.3 is 7.12 Å². The molecule has 2 saturated heterocycles. The molecule has 0 aliphatic carbocycles. The highest BCUT2D eigenvalue weighted by molar-refractivity contribution is 9.10. The quantitative estimate of drug-likeness (QED) is 0.0544. The first kappa shape index (κ1) is 61.9. The Morgan fingerprint density at radius 3 is 1.48 bits per heavy atom. The number of imidazole rings is 2. The minimum Gasteiger partial charge on any atom is -0.423 e. The lowest BCUT2D eigenvalue weighted by Crippen LogP contribution is -2.40. The Bertz CT molecular complexity index is 3170. The van der Waals surface area contributed by atoms with Crippen LogP contribution in [-0.4, -0.2) is 131 Å². The van der Waals surface area contributed by atoms with Crippen LogP contribution in [0.1, 0.15) is 107 Å². The van der Waals surface area contributed by atoms with E-state index >= 15 is 0 Å². The van der Waals surface area contributed by atoms with Crippen molar-refractivity contribution in [3.63, 3.8) is 0 Å². The molecule has 428 valence electrons. The molecule has 16 nitrogen and oxygen atoms in total. The number of halogens is 1. The summed E-state index contributed by atoms with van der Waals surface area (Å²) in [6.45, 7) is 10.8. The summed E-state index contributed by atoms with van der Waals surface area (Å²) in [7, 11) is 2.02. The van der Waals surface area contributed by atoms with Gasteiger partial charge < -0.3 is 38.5 Å². The summed E-state index contributed by atoms with van der Waals surface area (Å²) in [5, 5.41) is 17.0. The Kier molecular flexibility index (Phi) is 24.1. The molecule has 2 amide bonds. The second-order valence-electron chi connectivity index (χ2n) is 21.3. The number of likely N-dealkylation sites (tertiary alicyclic amines) is 2. The number of para-hydroxylation sites is 4. The zero-order chi connectivity index (χ0) is 56.2. The first-order valence-electron chi connectivity index (χ1n) is 28.1. The number of carbonyl (C=O) groups is 2. The topological polar surface area (TPSA) is 187 Å². The second kappa shape index (κ2) is 31.5. The van der Waals surface area contributed by atoms with Crippen LogP contribution < -0.4 is 5.46 Å². The Morgan fingerprint density at radius 2 is 1.05 bits per heavy atom. The Morgan fingerprint density at radius 1 is 0.617 bits per heavy atom. The maximum absolute atomic E-state index is 13.4.